The maximum absolute atomic E-state index is 12.6. The van der Waals surface area contributed by atoms with E-state index in [4.69, 9.17) is 0 Å². The molecule has 25 heavy (non-hydrogen) atoms. The van der Waals surface area contributed by atoms with Gasteiger partial charge < -0.3 is 4.90 Å². The van der Waals surface area contributed by atoms with Gasteiger partial charge in [-0.3, -0.25) is 4.79 Å². The number of anilines is 1. The van der Waals surface area contributed by atoms with Crippen LogP contribution in [-0.2, 0) is 10.0 Å². The summed E-state index contributed by atoms with van der Waals surface area (Å²) in [4.78, 5) is 14.2. The van der Waals surface area contributed by atoms with Gasteiger partial charge in [-0.05, 0) is 55.0 Å². The molecule has 0 aliphatic carbocycles. The van der Waals surface area contributed by atoms with Crippen LogP contribution in [-0.4, -0.2) is 27.9 Å². The van der Waals surface area contributed by atoms with Crippen LogP contribution in [0.5, 0.6) is 0 Å². The topological polar surface area (TPSA) is 66.5 Å². The molecular formula is C18H19BrN2O3S. The van der Waals surface area contributed by atoms with Crippen LogP contribution in [0.3, 0.4) is 0 Å². The Morgan fingerprint density at radius 2 is 1.88 bits per heavy atom. The second-order valence-electron chi connectivity index (χ2n) is 5.46. The molecule has 1 amide bonds. The summed E-state index contributed by atoms with van der Waals surface area (Å²) >= 11 is 3.43. The zero-order chi connectivity index (χ0) is 18.6. The van der Waals surface area contributed by atoms with Gasteiger partial charge in [0.25, 0.3) is 5.91 Å². The Morgan fingerprint density at radius 1 is 1.24 bits per heavy atom. The molecule has 2 aromatic carbocycles. The predicted molar refractivity (Wildman–Crippen MR) is 103 cm³/mol. The van der Waals surface area contributed by atoms with E-state index in [1.165, 1.54) is 35.2 Å². The maximum atomic E-state index is 12.6. The van der Waals surface area contributed by atoms with Crippen LogP contribution in [0.15, 0.2) is 64.5 Å². The molecule has 0 radical (unpaired) electrons. The van der Waals surface area contributed by atoms with E-state index in [2.05, 4.69) is 27.2 Å². The van der Waals surface area contributed by atoms with Crippen molar-refractivity contribution in [2.24, 2.45) is 0 Å². The molecule has 0 spiro atoms. The standard InChI is InChI=1S/C18H19BrN2O3S/c1-4-11-20-25(23,24)16-8-5-14(6-9-16)18(22)21(3)15-7-10-17(19)13(2)12-15/h4-10,12,20H,1,11H2,2-3H3. The van der Waals surface area contributed by atoms with Crippen molar-refractivity contribution in [3.8, 4) is 0 Å². The number of sulfonamides is 1. The third-order valence-electron chi connectivity index (χ3n) is 3.66. The van der Waals surface area contributed by atoms with Crippen LogP contribution < -0.4 is 9.62 Å². The first-order chi connectivity index (χ1) is 11.8. The molecule has 2 aromatic rings. The number of carbonyl (C=O) groups excluding carboxylic acids is 1. The monoisotopic (exact) mass is 422 g/mol. The number of benzene rings is 2. The summed E-state index contributed by atoms with van der Waals surface area (Å²) in [6, 6.07) is 11.5. The Balaban J connectivity index is 2.22. The van der Waals surface area contributed by atoms with Gasteiger partial charge >= 0.3 is 0 Å². The molecule has 0 aliphatic heterocycles. The molecule has 0 heterocycles. The molecule has 0 aromatic heterocycles. The van der Waals surface area contributed by atoms with Crippen LogP contribution in [0.4, 0.5) is 5.69 Å². The highest BCUT2D eigenvalue weighted by atomic mass is 79.9. The quantitative estimate of drug-likeness (QED) is 0.724. The average Bonchev–Trinajstić information content (AvgIpc) is 2.61. The van der Waals surface area contributed by atoms with Gasteiger partial charge in [0.1, 0.15) is 0 Å². The van der Waals surface area contributed by atoms with E-state index in [1.54, 1.807) is 7.05 Å². The number of hydrogen-bond donors (Lipinski definition) is 1. The molecule has 2 rings (SSSR count). The van der Waals surface area contributed by atoms with Crippen LogP contribution in [0.25, 0.3) is 0 Å². The Morgan fingerprint density at radius 3 is 2.44 bits per heavy atom. The molecule has 132 valence electrons. The van der Waals surface area contributed by atoms with Crippen molar-refractivity contribution in [3.05, 3.63) is 70.7 Å². The summed E-state index contributed by atoms with van der Waals surface area (Å²) in [5.41, 5.74) is 2.19. The lowest BCUT2D eigenvalue weighted by molar-refractivity contribution is 0.0993. The molecular weight excluding hydrogens is 404 g/mol. The molecule has 0 atom stereocenters. The second-order valence-corrected chi connectivity index (χ2v) is 8.08. The molecule has 0 saturated carbocycles. The predicted octanol–water partition coefficient (Wildman–Crippen LogP) is 3.50. The molecule has 0 fully saturated rings. The molecule has 0 aliphatic rings. The minimum atomic E-state index is -3.60. The first-order valence-corrected chi connectivity index (χ1v) is 9.78. The van der Waals surface area contributed by atoms with Crippen molar-refractivity contribution in [2.45, 2.75) is 11.8 Å². The normalized spacial score (nSPS) is 11.2. The summed E-state index contributed by atoms with van der Waals surface area (Å²) in [5.74, 6) is -0.218. The van der Waals surface area contributed by atoms with Crippen molar-refractivity contribution >= 4 is 37.5 Å². The fourth-order valence-electron chi connectivity index (χ4n) is 2.18. The van der Waals surface area contributed by atoms with Crippen LogP contribution in [0.2, 0.25) is 0 Å². The van der Waals surface area contributed by atoms with Gasteiger partial charge in [-0.15, -0.1) is 6.58 Å². The van der Waals surface area contributed by atoms with Gasteiger partial charge in [0.15, 0.2) is 0 Å². The van der Waals surface area contributed by atoms with Crippen LogP contribution >= 0.6 is 15.9 Å². The largest absolute Gasteiger partial charge is 0.311 e. The second kappa shape index (κ2) is 7.95. The molecule has 0 bridgehead atoms. The summed E-state index contributed by atoms with van der Waals surface area (Å²) < 4.78 is 27.4. The molecule has 1 N–H and O–H groups in total. The highest BCUT2D eigenvalue weighted by molar-refractivity contribution is 9.10. The highest BCUT2D eigenvalue weighted by Gasteiger charge is 2.17. The number of halogens is 1. The zero-order valence-electron chi connectivity index (χ0n) is 14.0. The van der Waals surface area contributed by atoms with Gasteiger partial charge in [0.05, 0.1) is 4.90 Å². The summed E-state index contributed by atoms with van der Waals surface area (Å²) in [7, 11) is -1.92. The van der Waals surface area contributed by atoms with E-state index < -0.39 is 10.0 Å². The fourth-order valence-corrected chi connectivity index (χ4v) is 3.42. The molecule has 5 nitrogen and oxygen atoms in total. The lowest BCUT2D eigenvalue weighted by Crippen LogP contribution is -2.27. The first-order valence-electron chi connectivity index (χ1n) is 7.51. The maximum Gasteiger partial charge on any atom is 0.258 e. The van der Waals surface area contributed by atoms with Gasteiger partial charge in [-0.25, -0.2) is 13.1 Å². The number of aryl methyl sites for hydroxylation is 1. The molecule has 0 saturated heterocycles. The fraction of sp³-hybridized carbons (Fsp3) is 0.167. The van der Waals surface area contributed by atoms with Gasteiger partial charge in [0.2, 0.25) is 10.0 Å². The van der Waals surface area contributed by atoms with Crippen molar-refractivity contribution in [2.75, 3.05) is 18.5 Å². The minimum absolute atomic E-state index is 0.105. The van der Waals surface area contributed by atoms with Crippen molar-refractivity contribution in [3.63, 3.8) is 0 Å². The zero-order valence-corrected chi connectivity index (χ0v) is 16.4. The summed E-state index contributed by atoms with van der Waals surface area (Å²) in [6.07, 6.45) is 1.46. The number of rotatable bonds is 6. The van der Waals surface area contributed by atoms with Gasteiger partial charge in [-0.1, -0.05) is 22.0 Å². The van der Waals surface area contributed by atoms with E-state index in [1.807, 2.05) is 25.1 Å². The Bertz CT molecular complexity index is 893. The molecule has 7 heteroatoms. The number of amides is 1. The summed E-state index contributed by atoms with van der Waals surface area (Å²) in [6.45, 7) is 5.57. The number of hydrogen-bond acceptors (Lipinski definition) is 3. The van der Waals surface area contributed by atoms with E-state index in [0.29, 0.717) is 5.56 Å². The minimum Gasteiger partial charge on any atom is -0.311 e. The third-order valence-corrected chi connectivity index (χ3v) is 5.99. The number of carbonyl (C=O) groups is 1. The van der Waals surface area contributed by atoms with E-state index in [-0.39, 0.29) is 17.3 Å². The van der Waals surface area contributed by atoms with E-state index in [9.17, 15) is 13.2 Å². The van der Waals surface area contributed by atoms with E-state index >= 15 is 0 Å². The smallest absolute Gasteiger partial charge is 0.258 e. The first kappa shape index (κ1) is 19.4. The Labute approximate surface area is 156 Å². The summed E-state index contributed by atoms with van der Waals surface area (Å²) in [5, 5.41) is 0. The van der Waals surface area contributed by atoms with Crippen molar-refractivity contribution in [1.29, 1.82) is 0 Å². The highest BCUT2D eigenvalue weighted by Crippen LogP contribution is 2.23. The lowest BCUT2D eigenvalue weighted by Gasteiger charge is -2.18. The van der Waals surface area contributed by atoms with Crippen LogP contribution in [0.1, 0.15) is 15.9 Å². The van der Waals surface area contributed by atoms with Gasteiger partial charge in [0, 0.05) is 29.3 Å². The van der Waals surface area contributed by atoms with Crippen LogP contribution in [0, 0.1) is 6.92 Å². The lowest BCUT2D eigenvalue weighted by atomic mass is 10.1. The van der Waals surface area contributed by atoms with Crippen molar-refractivity contribution < 1.29 is 13.2 Å². The van der Waals surface area contributed by atoms with E-state index in [0.717, 1.165) is 15.7 Å². The number of nitrogens with one attached hydrogen (secondary N) is 1. The number of nitrogens with zero attached hydrogens (tertiary/aromatic N) is 1. The molecule has 0 unspecified atom stereocenters. The third kappa shape index (κ3) is 4.56. The average molecular weight is 423 g/mol. The Hall–Kier alpha value is -1.96. The Kier molecular flexibility index (Phi) is 6.16. The van der Waals surface area contributed by atoms with Crippen molar-refractivity contribution in [1.82, 2.24) is 4.72 Å². The SMILES string of the molecule is C=CCNS(=O)(=O)c1ccc(C(=O)N(C)c2ccc(Br)c(C)c2)cc1. The van der Waals surface area contributed by atoms with Gasteiger partial charge in [-0.2, -0.15) is 0 Å².